The summed E-state index contributed by atoms with van der Waals surface area (Å²) in [5.41, 5.74) is 7.58. The molecular weight excluding hydrogens is 256 g/mol. The standard InChI is InChI=1S/C14H16N4O2/c1-10-7-8-16-14(13(10)18(19)20)17-9-12(15)11-5-3-2-4-6-11/h2-8,12H,9,15H2,1H3,(H,16,17). The summed E-state index contributed by atoms with van der Waals surface area (Å²) in [6.45, 7) is 2.06. The van der Waals surface area contributed by atoms with Gasteiger partial charge in [0.05, 0.1) is 4.92 Å². The van der Waals surface area contributed by atoms with E-state index in [4.69, 9.17) is 5.73 Å². The zero-order valence-corrected chi connectivity index (χ0v) is 11.1. The highest BCUT2D eigenvalue weighted by atomic mass is 16.6. The van der Waals surface area contributed by atoms with Crippen LogP contribution >= 0.6 is 0 Å². The molecule has 0 aliphatic rings. The van der Waals surface area contributed by atoms with Crippen LogP contribution in [0, 0.1) is 17.0 Å². The average Bonchev–Trinajstić information content (AvgIpc) is 2.45. The van der Waals surface area contributed by atoms with Crippen LogP contribution in [0.3, 0.4) is 0 Å². The average molecular weight is 272 g/mol. The third kappa shape index (κ3) is 3.10. The van der Waals surface area contributed by atoms with Crippen LogP contribution < -0.4 is 11.1 Å². The molecule has 1 atom stereocenters. The summed E-state index contributed by atoms with van der Waals surface area (Å²) in [5, 5.41) is 14.0. The maximum Gasteiger partial charge on any atom is 0.314 e. The molecule has 1 aromatic carbocycles. The molecule has 6 nitrogen and oxygen atoms in total. The summed E-state index contributed by atoms with van der Waals surface area (Å²) in [5.74, 6) is 0.251. The Hall–Kier alpha value is -2.47. The summed E-state index contributed by atoms with van der Waals surface area (Å²) in [6.07, 6.45) is 1.54. The SMILES string of the molecule is Cc1ccnc(NCC(N)c2ccccc2)c1[N+](=O)[O-]. The van der Waals surface area contributed by atoms with E-state index in [-0.39, 0.29) is 17.5 Å². The molecule has 1 aromatic heterocycles. The highest BCUT2D eigenvalue weighted by Crippen LogP contribution is 2.25. The van der Waals surface area contributed by atoms with Gasteiger partial charge in [-0.2, -0.15) is 0 Å². The van der Waals surface area contributed by atoms with Gasteiger partial charge in [-0.05, 0) is 18.6 Å². The zero-order valence-electron chi connectivity index (χ0n) is 11.1. The van der Waals surface area contributed by atoms with Crippen LogP contribution in [0.1, 0.15) is 17.2 Å². The second-order valence-corrected chi connectivity index (χ2v) is 4.48. The molecule has 0 radical (unpaired) electrons. The van der Waals surface area contributed by atoms with Gasteiger partial charge in [-0.15, -0.1) is 0 Å². The molecule has 104 valence electrons. The Morgan fingerprint density at radius 3 is 2.70 bits per heavy atom. The number of benzene rings is 1. The summed E-state index contributed by atoms with van der Waals surface area (Å²) in [4.78, 5) is 14.6. The van der Waals surface area contributed by atoms with Gasteiger partial charge in [-0.1, -0.05) is 30.3 Å². The summed E-state index contributed by atoms with van der Waals surface area (Å²) < 4.78 is 0. The van der Waals surface area contributed by atoms with E-state index in [1.807, 2.05) is 30.3 Å². The van der Waals surface area contributed by atoms with Gasteiger partial charge in [0.1, 0.15) is 0 Å². The van der Waals surface area contributed by atoms with Crippen LogP contribution in [0.25, 0.3) is 0 Å². The van der Waals surface area contributed by atoms with Crippen molar-refractivity contribution in [3.8, 4) is 0 Å². The highest BCUT2D eigenvalue weighted by molar-refractivity contribution is 5.59. The minimum absolute atomic E-state index is 0.00670. The lowest BCUT2D eigenvalue weighted by molar-refractivity contribution is -0.384. The number of nitrogens with two attached hydrogens (primary N) is 1. The van der Waals surface area contributed by atoms with Gasteiger partial charge in [-0.3, -0.25) is 10.1 Å². The van der Waals surface area contributed by atoms with Crippen molar-refractivity contribution in [2.24, 2.45) is 5.73 Å². The van der Waals surface area contributed by atoms with Crippen LogP contribution in [0.15, 0.2) is 42.6 Å². The monoisotopic (exact) mass is 272 g/mol. The zero-order chi connectivity index (χ0) is 14.5. The van der Waals surface area contributed by atoms with E-state index in [0.717, 1.165) is 5.56 Å². The van der Waals surface area contributed by atoms with Gasteiger partial charge in [0.2, 0.25) is 5.82 Å². The molecule has 1 heterocycles. The fourth-order valence-corrected chi connectivity index (χ4v) is 1.93. The minimum atomic E-state index is -0.432. The molecule has 0 saturated carbocycles. The Morgan fingerprint density at radius 2 is 2.05 bits per heavy atom. The van der Waals surface area contributed by atoms with E-state index >= 15 is 0 Å². The number of hydrogen-bond acceptors (Lipinski definition) is 5. The number of aryl methyl sites for hydroxylation is 1. The maximum absolute atomic E-state index is 11.1. The molecule has 0 spiro atoms. The lowest BCUT2D eigenvalue weighted by atomic mass is 10.1. The van der Waals surface area contributed by atoms with E-state index in [2.05, 4.69) is 10.3 Å². The van der Waals surface area contributed by atoms with Crippen molar-refractivity contribution in [1.29, 1.82) is 0 Å². The maximum atomic E-state index is 11.1. The van der Waals surface area contributed by atoms with Gasteiger partial charge in [0.15, 0.2) is 0 Å². The first-order valence-corrected chi connectivity index (χ1v) is 6.24. The number of pyridine rings is 1. The Morgan fingerprint density at radius 1 is 1.35 bits per heavy atom. The van der Waals surface area contributed by atoms with E-state index in [1.165, 1.54) is 0 Å². The lowest BCUT2D eigenvalue weighted by Crippen LogP contribution is -2.21. The fourth-order valence-electron chi connectivity index (χ4n) is 1.93. The summed E-state index contributed by atoms with van der Waals surface area (Å²) in [6, 6.07) is 10.9. The third-order valence-electron chi connectivity index (χ3n) is 3.03. The van der Waals surface area contributed by atoms with Gasteiger partial charge in [0, 0.05) is 24.3 Å². The smallest absolute Gasteiger partial charge is 0.314 e. The molecule has 0 bridgehead atoms. The van der Waals surface area contributed by atoms with E-state index in [9.17, 15) is 10.1 Å². The summed E-state index contributed by atoms with van der Waals surface area (Å²) >= 11 is 0. The normalized spacial score (nSPS) is 11.9. The molecule has 1 unspecified atom stereocenters. The number of aromatic nitrogens is 1. The second-order valence-electron chi connectivity index (χ2n) is 4.48. The van der Waals surface area contributed by atoms with E-state index in [1.54, 1.807) is 19.2 Å². The molecule has 6 heteroatoms. The first-order valence-electron chi connectivity index (χ1n) is 6.24. The van der Waals surface area contributed by atoms with E-state index in [0.29, 0.717) is 12.1 Å². The Balaban J connectivity index is 2.12. The topological polar surface area (TPSA) is 94.1 Å². The quantitative estimate of drug-likeness (QED) is 0.644. The Bertz CT molecular complexity index is 601. The van der Waals surface area contributed by atoms with Crippen LogP contribution in [0.4, 0.5) is 11.5 Å². The van der Waals surface area contributed by atoms with Crippen LogP contribution in [-0.4, -0.2) is 16.5 Å². The molecule has 0 aliphatic heterocycles. The van der Waals surface area contributed by atoms with Gasteiger partial charge in [0.25, 0.3) is 0 Å². The van der Waals surface area contributed by atoms with Crippen molar-refractivity contribution in [2.75, 3.05) is 11.9 Å². The van der Waals surface area contributed by atoms with Crippen LogP contribution in [0.2, 0.25) is 0 Å². The lowest BCUT2D eigenvalue weighted by Gasteiger charge is -2.13. The van der Waals surface area contributed by atoms with Gasteiger partial charge in [-0.25, -0.2) is 4.98 Å². The minimum Gasteiger partial charge on any atom is -0.362 e. The van der Waals surface area contributed by atoms with E-state index < -0.39 is 4.92 Å². The van der Waals surface area contributed by atoms with Crippen molar-refractivity contribution in [3.63, 3.8) is 0 Å². The first-order chi connectivity index (χ1) is 9.59. The number of nitro groups is 1. The van der Waals surface area contributed by atoms with Crippen molar-refractivity contribution >= 4 is 11.5 Å². The molecule has 2 rings (SSSR count). The molecule has 0 fully saturated rings. The van der Waals surface area contributed by atoms with Gasteiger partial charge >= 0.3 is 5.69 Å². The molecule has 0 amide bonds. The van der Waals surface area contributed by atoms with Crippen molar-refractivity contribution in [2.45, 2.75) is 13.0 Å². The number of nitrogens with one attached hydrogen (secondary N) is 1. The first kappa shape index (κ1) is 14.0. The highest BCUT2D eigenvalue weighted by Gasteiger charge is 2.18. The molecular formula is C14H16N4O2. The second kappa shape index (κ2) is 6.12. The summed E-state index contributed by atoms with van der Waals surface area (Å²) in [7, 11) is 0. The molecule has 3 N–H and O–H groups in total. The number of nitrogens with zero attached hydrogens (tertiary/aromatic N) is 2. The predicted molar refractivity (Wildman–Crippen MR) is 77.5 cm³/mol. The predicted octanol–water partition coefficient (Wildman–Crippen LogP) is 2.41. The number of hydrogen-bond donors (Lipinski definition) is 2. The van der Waals surface area contributed by atoms with Crippen molar-refractivity contribution in [3.05, 3.63) is 63.8 Å². The number of anilines is 1. The molecule has 0 aliphatic carbocycles. The van der Waals surface area contributed by atoms with Crippen molar-refractivity contribution < 1.29 is 4.92 Å². The van der Waals surface area contributed by atoms with Crippen molar-refractivity contribution in [1.82, 2.24) is 4.98 Å². The number of rotatable bonds is 5. The molecule has 2 aromatic rings. The molecule has 0 saturated heterocycles. The Kier molecular flexibility index (Phi) is 4.27. The van der Waals surface area contributed by atoms with Crippen LogP contribution in [0.5, 0.6) is 0 Å². The van der Waals surface area contributed by atoms with Gasteiger partial charge < -0.3 is 11.1 Å². The van der Waals surface area contributed by atoms with Crippen LogP contribution in [-0.2, 0) is 0 Å². The Labute approximate surface area is 116 Å². The third-order valence-corrected chi connectivity index (χ3v) is 3.03. The molecule has 20 heavy (non-hydrogen) atoms. The fraction of sp³-hybridized carbons (Fsp3) is 0.214. The largest absolute Gasteiger partial charge is 0.362 e.